The third kappa shape index (κ3) is 5.67. The second kappa shape index (κ2) is 9.86. The van der Waals surface area contributed by atoms with Gasteiger partial charge in [-0.15, -0.1) is 0 Å². The number of rotatable bonds is 8. The first-order valence-electron chi connectivity index (χ1n) is 9.92. The number of carbonyl (C=O) groups excluding carboxylic acids is 2. The minimum atomic E-state index is -0.803. The number of nitrogens with zero attached hydrogens (tertiary/aromatic N) is 3. The zero-order valence-electron chi connectivity index (χ0n) is 17.5. The molecule has 0 saturated heterocycles. The SMILES string of the molecule is CN(C)C(=O)C=CCCC(N)C(=O)Nc1cccn(Cc2nc3ccccc3[nH]2)c1=O. The monoisotopic (exact) mass is 422 g/mol. The molecule has 4 N–H and O–H groups in total. The molecule has 31 heavy (non-hydrogen) atoms. The van der Waals surface area contributed by atoms with E-state index in [-0.39, 0.29) is 23.7 Å². The predicted octanol–water partition coefficient (Wildman–Crippen LogP) is 1.46. The van der Waals surface area contributed by atoms with Crippen LogP contribution in [0.2, 0.25) is 0 Å². The maximum Gasteiger partial charge on any atom is 0.274 e. The summed E-state index contributed by atoms with van der Waals surface area (Å²) in [5.41, 5.74) is 7.45. The largest absolute Gasteiger partial charge is 0.345 e. The highest BCUT2D eigenvalue weighted by Gasteiger charge is 2.15. The van der Waals surface area contributed by atoms with E-state index in [1.165, 1.54) is 21.6 Å². The molecule has 2 amide bonds. The Labute approximate surface area is 179 Å². The number of hydrogen-bond donors (Lipinski definition) is 3. The van der Waals surface area contributed by atoms with Crippen molar-refractivity contribution in [3.63, 3.8) is 0 Å². The number of allylic oxidation sites excluding steroid dienone is 1. The van der Waals surface area contributed by atoms with Crippen LogP contribution in [0.1, 0.15) is 18.7 Å². The van der Waals surface area contributed by atoms with E-state index in [9.17, 15) is 14.4 Å². The molecular weight excluding hydrogens is 396 g/mol. The van der Waals surface area contributed by atoms with Crippen molar-refractivity contribution in [3.05, 3.63) is 70.9 Å². The first-order valence-corrected chi connectivity index (χ1v) is 9.92. The van der Waals surface area contributed by atoms with Gasteiger partial charge in [-0.25, -0.2) is 4.98 Å². The molecule has 0 fully saturated rings. The summed E-state index contributed by atoms with van der Waals surface area (Å²) >= 11 is 0. The van der Waals surface area contributed by atoms with Crippen LogP contribution in [0.3, 0.4) is 0 Å². The molecule has 9 heteroatoms. The van der Waals surface area contributed by atoms with Gasteiger partial charge in [-0.2, -0.15) is 0 Å². The number of likely N-dealkylation sites (N-methyl/N-ethyl adjacent to an activating group) is 1. The molecule has 1 aromatic carbocycles. The average molecular weight is 422 g/mol. The third-order valence-electron chi connectivity index (χ3n) is 4.72. The van der Waals surface area contributed by atoms with Crippen molar-refractivity contribution in [1.82, 2.24) is 19.4 Å². The van der Waals surface area contributed by atoms with Crippen LogP contribution in [-0.2, 0) is 16.1 Å². The van der Waals surface area contributed by atoms with Crippen molar-refractivity contribution in [3.8, 4) is 0 Å². The predicted molar refractivity (Wildman–Crippen MR) is 120 cm³/mol. The zero-order valence-corrected chi connectivity index (χ0v) is 17.5. The highest BCUT2D eigenvalue weighted by molar-refractivity contribution is 5.94. The van der Waals surface area contributed by atoms with Gasteiger partial charge in [0.25, 0.3) is 5.56 Å². The van der Waals surface area contributed by atoms with Crippen LogP contribution in [0.5, 0.6) is 0 Å². The molecule has 2 heterocycles. The lowest BCUT2D eigenvalue weighted by Crippen LogP contribution is -2.37. The summed E-state index contributed by atoms with van der Waals surface area (Å²) < 4.78 is 1.47. The molecule has 2 aromatic heterocycles. The highest BCUT2D eigenvalue weighted by Crippen LogP contribution is 2.11. The second-order valence-corrected chi connectivity index (χ2v) is 7.36. The Hall–Kier alpha value is -3.72. The lowest BCUT2D eigenvalue weighted by atomic mass is 10.1. The minimum absolute atomic E-state index is 0.132. The van der Waals surface area contributed by atoms with Crippen LogP contribution in [-0.4, -0.2) is 51.4 Å². The summed E-state index contributed by atoms with van der Waals surface area (Å²) in [7, 11) is 3.32. The Morgan fingerprint density at radius 3 is 2.77 bits per heavy atom. The van der Waals surface area contributed by atoms with E-state index in [1.807, 2.05) is 24.3 Å². The van der Waals surface area contributed by atoms with Gasteiger partial charge in [-0.3, -0.25) is 14.4 Å². The van der Waals surface area contributed by atoms with Gasteiger partial charge in [-0.05, 0) is 43.2 Å². The molecule has 1 atom stereocenters. The molecule has 0 aliphatic carbocycles. The standard InChI is InChI=1S/C22H26N6O3/c1-27(2)20(29)12-6-3-8-15(23)21(30)26-18-11-7-13-28(22(18)31)14-19-24-16-9-4-5-10-17(16)25-19/h4-7,9-13,15H,3,8,14,23H2,1-2H3,(H,24,25)(H,26,30). The van der Waals surface area contributed by atoms with Crippen molar-refractivity contribution in [2.75, 3.05) is 19.4 Å². The lowest BCUT2D eigenvalue weighted by molar-refractivity contribution is -0.123. The molecule has 9 nitrogen and oxygen atoms in total. The number of H-pyrrole nitrogens is 1. The fourth-order valence-corrected chi connectivity index (χ4v) is 2.96. The molecule has 3 rings (SSSR count). The molecule has 0 aliphatic heterocycles. The van der Waals surface area contributed by atoms with Crippen molar-refractivity contribution in [2.24, 2.45) is 5.73 Å². The van der Waals surface area contributed by atoms with E-state index < -0.39 is 11.9 Å². The van der Waals surface area contributed by atoms with Gasteiger partial charge in [0.2, 0.25) is 11.8 Å². The first-order chi connectivity index (χ1) is 14.8. The minimum Gasteiger partial charge on any atom is -0.345 e. The Bertz CT molecular complexity index is 1130. The van der Waals surface area contributed by atoms with Crippen molar-refractivity contribution in [1.29, 1.82) is 0 Å². The molecular formula is C22H26N6O3. The third-order valence-corrected chi connectivity index (χ3v) is 4.72. The molecule has 0 aliphatic rings. The summed E-state index contributed by atoms with van der Waals surface area (Å²) in [6.07, 6.45) is 5.58. The molecule has 3 aromatic rings. The van der Waals surface area contributed by atoms with E-state index in [2.05, 4.69) is 15.3 Å². The van der Waals surface area contributed by atoms with E-state index in [0.717, 1.165) is 11.0 Å². The number of anilines is 1. The number of hydrogen-bond acceptors (Lipinski definition) is 5. The summed E-state index contributed by atoms with van der Waals surface area (Å²) in [4.78, 5) is 45.8. The lowest BCUT2D eigenvalue weighted by Gasteiger charge is -2.12. The number of fused-ring (bicyclic) bond motifs is 1. The summed E-state index contributed by atoms with van der Waals surface area (Å²) in [5, 5.41) is 2.60. The quantitative estimate of drug-likeness (QED) is 0.474. The van der Waals surface area contributed by atoms with Gasteiger partial charge in [0.15, 0.2) is 0 Å². The number of para-hydroxylation sites is 2. The number of aromatic nitrogens is 3. The number of benzene rings is 1. The Morgan fingerprint density at radius 1 is 1.26 bits per heavy atom. The van der Waals surface area contributed by atoms with Gasteiger partial charge in [-0.1, -0.05) is 18.2 Å². The molecule has 0 spiro atoms. The van der Waals surface area contributed by atoms with Gasteiger partial charge >= 0.3 is 0 Å². The van der Waals surface area contributed by atoms with Crippen LogP contribution in [0.25, 0.3) is 11.0 Å². The second-order valence-electron chi connectivity index (χ2n) is 7.36. The van der Waals surface area contributed by atoms with E-state index >= 15 is 0 Å². The van der Waals surface area contributed by atoms with Crippen molar-refractivity contribution < 1.29 is 9.59 Å². The number of imidazole rings is 1. The van der Waals surface area contributed by atoms with Crippen molar-refractivity contribution >= 4 is 28.5 Å². The first kappa shape index (κ1) is 22.0. The maximum atomic E-state index is 12.8. The number of aromatic amines is 1. The Kier molecular flexibility index (Phi) is 6.99. The number of amides is 2. The van der Waals surface area contributed by atoms with Crippen LogP contribution in [0.15, 0.2) is 59.5 Å². The average Bonchev–Trinajstić information content (AvgIpc) is 3.16. The fourth-order valence-electron chi connectivity index (χ4n) is 2.96. The number of nitrogens with two attached hydrogens (primary N) is 1. The van der Waals surface area contributed by atoms with E-state index in [1.54, 1.807) is 32.4 Å². The van der Waals surface area contributed by atoms with Gasteiger partial charge in [0, 0.05) is 20.3 Å². The normalized spacial score (nSPS) is 12.2. The molecule has 0 saturated carbocycles. The topological polar surface area (TPSA) is 126 Å². The van der Waals surface area contributed by atoms with Gasteiger partial charge < -0.3 is 25.5 Å². The maximum absolute atomic E-state index is 12.8. The van der Waals surface area contributed by atoms with E-state index in [0.29, 0.717) is 18.7 Å². The van der Waals surface area contributed by atoms with Crippen LogP contribution < -0.4 is 16.6 Å². The molecule has 1 unspecified atom stereocenters. The summed E-state index contributed by atoms with van der Waals surface area (Å²) in [6, 6.07) is 10.0. The molecule has 0 bridgehead atoms. The van der Waals surface area contributed by atoms with E-state index in [4.69, 9.17) is 5.73 Å². The van der Waals surface area contributed by atoms with Crippen LogP contribution >= 0.6 is 0 Å². The summed E-state index contributed by atoms with van der Waals surface area (Å²) in [6.45, 7) is 0.244. The Morgan fingerprint density at radius 2 is 2.03 bits per heavy atom. The molecule has 162 valence electrons. The Balaban J connectivity index is 1.62. The smallest absolute Gasteiger partial charge is 0.274 e. The number of nitrogens with one attached hydrogen (secondary N) is 2. The number of carbonyl (C=O) groups is 2. The van der Waals surface area contributed by atoms with Gasteiger partial charge in [0.1, 0.15) is 11.5 Å². The van der Waals surface area contributed by atoms with Crippen LogP contribution in [0, 0.1) is 0 Å². The fraction of sp³-hybridized carbons (Fsp3) is 0.273. The summed E-state index contributed by atoms with van der Waals surface area (Å²) in [5.74, 6) is 0.0563. The number of pyridine rings is 1. The van der Waals surface area contributed by atoms with Crippen LogP contribution in [0.4, 0.5) is 5.69 Å². The van der Waals surface area contributed by atoms with Gasteiger partial charge in [0.05, 0.1) is 23.6 Å². The highest BCUT2D eigenvalue weighted by atomic mass is 16.2. The zero-order chi connectivity index (χ0) is 22.4. The molecule has 0 radical (unpaired) electrons. The van der Waals surface area contributed by atoms with Crippen molar-refractivity contribution in [2.45, 2.75) is 25.4 Å².